The summed E-state index contributed by atoms with van der Waals surface area (Å²) in [5.74, 6) is 0.994. The number of carbonyl (C=O) groups excluding carboxylic acids is 1. The first-order chi connectivity index (χ1) is 12.3. The second kappa shape index (κ2) is 8.62. The van der Waals surface area contributed by atoms with Crippen LogP contribution in [0.25, 0.3) is 0 Å². The lowest BCUT2D eigenvalue weighted by Crippen LogP contribution is -2.40. The Morgan fingerprint density at radius 3 is 2.68 bits per heavy atom. The van der Waals surface area contributed by atoms with Crippen LogP contribution in [0.3, 0.4) is 0 Å². The highest BCUT2D eigenvalue weighted by atomic mass is 16.5. The fourth-order valence-electron chi connectivity index (χ4n) is 2.96. The lowest BCUT2D eigenvalue weighted by Gasteiger charge is -2.19. The van der Waals surface area contributed by atoms with Gasteiger partial charge in [0.2, 0.25) is 0 Å². The first-order valence-electron chi connectivity index (χ1n) is 8.76. The van der Waals surface area contributed by atoms with Gasteiger partial charge < -0.3 is 14.8 Å². The van der Waals surface area contributed by atoms with Crippen molar-refractivity contribution in [3.63, 3.8) is 0 Å². The van der Waals surface area contributed by atoms with E-state index >= 15 is 0 Å². The van der Waals surface area contributed by atoms with Gasteiger partial charge >= 0.3 is 0 Å². The molecule has 2 atom stereocenters. The van der Waals surface area contributed by atoms with Gasteiger partial charge in [0.15, 0.2) is 0 Å². The Hall–Kier alpha value is -2.40. The standard InChI is InChI=1S/C20H24N2O3/c1-2-11-25-18-5-3-16(4-6-18)20(23)22-19-14-24-13-17(19)12-15-7-9-21-10-8-15/h3-10,17,19H,2,11-14H2,1H3,(H,22,23)/t17-,19-/m1/s1. The Morgan fingerprint density at radius 1 is 1.20 bits per heavy atom. The summed E-state index contributed by atoms with van der Waals surface area (Å²) in [5.41, 5.74) is 1.85. The van der Waals surface area contributed by atoms with Gasteiger partial charge in [-0.3, -0.25) is 9.78 Å². The van der Waals surface area contributed by atoms with Crippen molar-refractivity contribution in [2.24, 2.45) is 5.92 Å². The van der Waals surface area contributed by atoms with Crippen LogP contribution in [0.2, 0.25) is 0 Å². The molecule has 0 bridgehead atoms. The van der Waals surface area contributed by atoms with E-state index in [4.69, 9.17) is 9.47 Å². The van der Waals surface area contributed by atoms with Gasteiger partial charge in [-0.2, -0.15) is 0 Å². The molecular formula is C20H24N2O3. The van der Waals surface area contributed by atoms with Gasteiger partial charge in [0, 0.05) is 23.9 Å². The number of nitrogens with zero attached hydrogens (tertiary/aromatic N) is 1. The summed E-state index contributed by atoms with van der Waals surface area (Å²) in [6.07, 6.45) is 5.42. The van der Waals surface area contributed by atoms with Crippen LogP contribution in [0, 0.1) is 5.92 Å². The predicted octanol–water partition coefficient (Wildman–Crippen LogP) is 2.86. The molecule has 0 radical (unpaired) electrons. The average Bonchev–Trinajstić information content (AvgIpc) is 3.08. The Balaban J connectivity index is 1.57. The number of benzene rings is 1. The highest BCUT2D eigenvalue weighted by molar-refractivity contribution is 5.94. The maximum atomic E-state index is 12.5. The third kappa shape index (κ3) is 4.79. The minimum atomic E-state index is -0.0720. The predicted molar refractivity (Wildman–Crippen MR) is 95.7 cm³/mol. The summed E-state index contributed by atoms with van der Waals surface area (Å²) in [7, 11) is 0. The molecule has 1 aliphatic rings. The molecule has 1 N–H and O–H groups in total. The molecule has 1 aromatic carbocycles. The molecule has 5 nitrogen and oxygen atoms in total. The van der Waals surface area contributed by atoms with E-state index in [0.29, 0.717) is 25.4 Å². The maximum absolute atomic E-state index is 12.5. The molecule has 0 unspecified atom stereocenters. The second-order valence-corrected chi connectivity index (χ2v) is 6.31. The highest BCUT2D eigenvalue weighted by Crippen LogP contribution is 2.20. The number of hydrogen-bond donors (Lipinski definition) is 1. The Bertz CT molecular complexity index is 673. The van der Waals surface area contributed by atoms with Crippen molar-refractivity contribution >= 4 is 5.91 Å². The Labute approximate surface area is 148 Å². The van der Waals surface area contributed by atoms with E-state index < -0.39 is 0 Å². The zero-order chi connectivity index (χ0) is 17.5. The molecule has 1 amide bonds. The third-order valence-electron chi connectivity index (χ3n) is 4.35. The summed E-state index contributed by atoms with van der Waals surface area (Å²) in [5, 5.41) is 3.11. The quantitative estimate of drug-likeness (QED) is 0.842. The fourth-order valence-corrected chi connectivity index (χ4v) is 2.96. The molecule has 25 heavy (non-hydrogen) atoms. The summed E-state index contributed by atoms with van der Waals surface area (Å²) < 4.78 is 11.1. The van der Waals surface area contributed by atoms with Crippen molar-refractivity contribution in [2.75, 3.05) is 19.8 Å². The first kappa shape index (κ1) is 17.4. The summed E-state index contributed by atoms with van der Waals surface area (Å²) in [6.45, 7) is 3.96. The van der Waals surface area contributed by atoms with Crippen LogP contribution in [0.4, 0.5) is 0 Å². The smallest absolute Gasteiger partial charge is 0.251 e. The number of pyridine rings is 1. The van der Waals surface area contributed by atoms with Gasteiger partial charge in [0.1, 0.15) is 5.75 Å². The number of ether oxygens (including phenoxy) is 2. The lowest BCUT2D eigenvalue weighted by molar-refractivity contribution is 0.0925. The van der Waals surface area contributed by atoms with Crippen molar-refractivity contribution in [3.05, 3.63) is 59.9 Å². The second-order valence-electron chi connectivity index (χ2n) is 6.31. The van der Waals surface area contributed by atoms with E-state index in [1.54, 1.807) is 24.5 Å². The van der Waals surface area contributed by atoms with Crippen molar-refractivity contribution in [1.82, 2.24) is 10.3 Å². The molecular weight excluding hydrogens is 316 g/mol. The monoisotopic (exact) mass is 340 g/mol. The lowest BCUT2D eigenvalue weighted by atomic mass is 9.95. The minimum absolute atomic E-state index is 0.0247. The van der Waals surface area contributed by atoms with E-state index in [0.717, 1.165) is 18.6 Å². The van der Waals surface area contributed by atoms with E-state index in [-0.39, 0.29) is 17.9 Å². The van der Waals surface area contributed by atoms with E-state index in [1.165, 1.54) is 5.56 Å². The molecule has 2 aromatic rings. The van der Waals surface area contributed by atoms with E-state index in [1.807, 2.05) is 24.3 Å². The number of hydrogen-bond acceptors (Lipinski definition) is 4. The van der Waals surface area contributed by atoms with Crippen LogP contribution in [0.15, 0.2) is 48.8 Å². The first-order valence-corrected chi connectivity index (χ1v) is 8.76. The molecule has 1 aromatic heterocycles. The van der Waals surface area contributed by atoms with Gasteiger partial charge in [-0.25, -0.2) is 0 Å². The third-order valence-corrected chi connectivity index (χ3v) is 4.35. The largest absolute Gasteiger partial charge is 0.494 e. The Kier molecular flexibility index (Phi) is 6.01. The summed E-state index contributed by atoms with van der Waals surface area (Å²) >= 11 is 0. The fraction of sp³-hybridized carbons (Fsp3) is 0.400. The van der Waals surface area contributed by atoms with Gasteiger partial charge in [-0.1, -0.05) is 6.92 Å². The van der Waals surface area contributed by atoms with Crippen LogP contribution >= 0.6 is 0 Å². The van der Waals surface area contributed by atoms with E-state index in [2.05, 4.69) is 17.2 Å². The number of amides is 1. The van der Waals surface area contributed by atoms with E-state index in [9.17, 15) is 4.79 Å². The molecule has 1 fully saturated rings. The van der Waals surface area contributed by atoms with Crippen LogP contribution in [-0.2, 0) is 11.2 Å². The molecule has 132 valence electrons. The molecule has 0 spiro atoms. The molecule has 5 heteroatoms. The maximum Gasteiger partial charge on any atom is 0.251 e. The average molecular weight is 340 g/mol. The molecule has 0 aliphatic carbocycles. The van der Waals surface area contributed by atoms with Gasteiger partial charge in [0.25, 0.3) is 5.91 Å². The normalized spacial score (nSPS) is 19.6. The van der Waals surface area contributed by atoms with Crippen molar-refractivity contribution in [1.29, 1.82) is 0 Å². The van der Waals surface area contributed by atoms with Gasteiger partial charge in [-0.15, -0.1) is 0 Å². The molecule has 1 aliphatic heterocycles. The van der Waals surface area contributed by atoms with Crippen LogP contribution in [0.1, 0.15) is 29.3 Å². The van der Waals surface area contributed by atoms with Crippen LogP contribution in [0.5, 0.6) is 5.75 Å². The number of nitrogens with one attached hydrogen (secondary N) is 1. The van der Waals surface area contributed by atoms with Crippen molar-refractivity contribution < 1.29 is 14.3 Å². The summed E-state index contributed by atoms with van der Waals surface area (Å²) in [6, 6.07) is 11.3. The summed E-state index contributed by atoms with van der Waals surface area (Å²) in [4.78, 5) is 16.5. The van der Waals surface area contributed by atoms with Crippen molar-refractivity contribution in [2.45, 2.75) is 25.8 Å². The van der Waals surface area contributed by atoms with Gasteiger partial charge in [-0.05, 0) is 54.8 Å². The zero-order valence-corrected chi connectivity index (χ0v) is 14.5. The van der Waals surface area contributed by atoms with Crippen LogP contribution in [-0.4, -0.2) is 36.8 Å². The SMILES string of the molecule is CCCOc1ccc(C(=O)N[C@@H]2COC[C@H]2Cc2ccncc2)cc1. The molecule has 3 rings (SSSR count). The topological polar surface area (TPSA) is 60.5 Å². The molecule has 2 heterocycles. The number of rotatable bonds is 7. The Morgan fingerprint density at radius 2 is 1.96 bits per heavy atom. The molecule has 0 saturated carbocycles. The highest BCUT2D eigenvalue weighted by Gasteiger charge is 2.29. The minimum Gasteiger partial charge on any atom is -0.494 e. The molecule has 1 saturated heterocycles. The van der Waals surface area contributed by atoms with Gasteiger partial charge in [0.05, 0.1) is 25.9 Å². The van der Waals surface area contributed by atoms with Crippen molar-refractivity contribution in [3.8, 4) is 5.75 Å². The number of aromatic nitrogens is 1. The van der Waals surface area contributed by atoms with Crippen LogP contribution < -0.4 is 10.1 Å². The number of carbonyl (C=O) groups is 1. The zero-order valence-electron chi connectivity index (χ0n) is 14.5.